The molecule has 0 aliphatic rings. The van der Waals surface area contributed by atoms with E-state index in [1.165, 1.54) is 0 Å². The highest BCUT2D eigenvalue weighted by molar-refractivity contribution is 5.80. The van der Waals surface area contributed by atoms with Gasteiger partial charge in [-0.1, -0.05) is 18.2 Å². The molecule has 2 aromatic rings. The largest absolute Gasteiger partial charge is 0.497 e. The monoisotopic (exact) mass is 373 g/mol. The molecule has 0 radical (unpaired) electrons. The zero-order chi connectivity index (χ0) is 19.5. The summed E-state index contributed by atoms with van der Waals surface area (Å²) in [6.45, 7) is 1.13. The Kier molecular flexibility index (Phi) is 7.96. The van der Waals surface area contributed by atoms with Gasteiger partial charge in [-0.3, -0.25) is 9.59 Å². The molecule has 0 spiro atoms. The number of carbonyl (C=O) groups excluding carboxylic acids is 1. The van der Waals surface area contributed by atoms with Crippen LogP contribution in [-0.4, -0.2) is 37.3 Å². The van der Waals surface area contributed by atoms with Gasteiger partial charge < -0.3 is 24.6 Å². The maximum absolute atomic E-state index is 11.5. The number of benzene rings is 2. The van der Waals surface area contributed by atoms with Crippen molar-refractivity contribution in [2.45, 2.75) is 19.4 Å². The lowest BCUT2D eigenvalue weighted by Gasteiger charge is -2.10. The van der Waals surface area contributed by atoms with Gasteiger partial charge in [-0.2, -0.15) is 0 Å². The SMILES string of the molecule is COc1cccc(OCCOc2ccc(CNC(=O)CCC(=O)O)cc2)c1. The Morgan fingerprint density at radius 2 is 1.59 bits per heavy atom. The molecule has 27 heavy (non-hydrogen) atoms. The molecular weight excluding hydrogens is 350 g/mol. The standard InChI is InChI=1S/C20H23NO6/c1-25-17-3-2-4-18(13-17)27-12-11-26-16-7-5-15(6-8-16)14-21-19(22)9-10-20(23)24/h2-8,13H,9-12,14H2,1H3,(H,21,22)(H,23,24). The van der Waals surface area contributed by atoms with Crippen LogP contribution < -0.4 is 19.5 Å². The molecule has 0 aliphatic carbocycles. The summed E-state index contributed by atoms with van der Waals surface area (Å²) in [5.74, 6) is 0.880. The minimum Gasteiger partial charge on any atom is -0.497 e. The van der Waals surface area contributed by atoms with E-state index in [4.69, 9.17) is 19.3 Å². The van der Waals surface area contributed by atoms with Crippen LogP contribution in [0.4, 0.5) is 0 Å². The number of nitrogens with one attached hydrogen (secondary N) is 1. The van der Waals surface area contributed by atoms with E-state index >= 15 is 0 Å². The van der Waals surface area contributed by atoms with E-state index < -0.39 is 5.97 Å². The predicted octanol–water partition coefficient (Wildman–Crippen LogP) is 2.63. The number of carboxylic acid groups (broad SMARTS) is 1. The fourth-order valence-corrected chi connectivity index (χ4v) is 2.22. The first-order valence-electron chi connectivity index (χ1n) is 8.54. The second kappa shape index (κ2) is 10.7. The average molecular weight is 373 g/mol. The summed E-state index contributed by atoms with van der Waals surface area (Å²) in [7, 11) is 1.60. The molecule has 1 amide bonds. The van der Waals surface area contributed by atoms with E-state index in [9.17, 15) is 9.59 Å². The molecule has 0 fully saturated rings. The normalized spacial score (nSPS) is 10.1. The van der Waals surface area contributed by atoms with Crippen molar-refractivity contribution in [2.24, 2.45) is 0 Å². The first-order valence-corrected chi connectivity index (χ1v) is 8.54. The van der Waals surface area contributed by atoms with Crippen molar-refractivity contribution in [3.63, 3.8) is 0 Å². The average Bonchev–Trinajstić information content (AvgIpc) is 2.69. The van der Waals surface area contributed by atoms with Gasteiger partial charge in [0.2, 0.25) is 5.91 Å². The summed E-state index contributed by atoms with van der Waals surface area (Å²) in [5.41, 5.74) is 0.902. The van der Waals surface area contributed by atoms with Gasteiger partial charge in [-0.25, -0.2) is 0 Å². The fourth-order valence-electron chi connectivity index (χ4n) is 2.22. The van der Waals surface area contributed by atoms with Crippen LogP contribution in [0.1, 0.15) is 18.4 Å². The number of carbonyl (C=O) groups is 2. The zero-order valence-corrected chi connectivity index (χ0v) is 15.1. The van der Waals surface area contributed by atoms with Crippen molar-refractivity contribution in [3.8, 4) is 17.2 Å². The minimum atomic E-state index is -0.984. The van der Waals surface area contributed by atoms with Crippen molar-refractivity contribution < 1.29 is 28.9 Å². The van der Waals surface area contributed by atoms with Gasteiger partial charge in [0.25, 0.3) is 0 Å². The first kappa shape index (κ1) is 20.1. The van der Waals surface area contributed by atoms with Crippen molar-refractivity contribution in [2.75, 3.05) is 20.3 Å². The van der Waals surface area contributed by atoms with Crippen LogP contribution in [0.15, 0.2) is 48.5 Å². The van der Waals surface area contributed by atoms with E-state index in [-0.39, 0.29) is 18.7 Å². The van der Waals surface area contributed by atoms with Crippen LogP contribution in [0.25, 0.3) is 0 Å². The van der Waals surface area contributed by atoms with Crippen molar-refractivity contribution in [1.29, 1.82) is 0 Å². The van der Waals surface area contributed by atoms with Crippen LogP contribution in [-0.2, 0) is 16.1 Å². The number of carboxylic acids is 1. The van der Waals surface area contributed by atoms with Gasteiger partial charge in [-0.05, 0) is 29.8 Å². The second-order valence-corrected chi connectivity index (χ2v) is 5.69. The Bertz CT molecular complexity index is 744. The number of hydrogen-bond acceptors (Lipinski definition) is 5. The molecule has 0 heterocycles. The van der Waals surface area contributed by atoms with Crippen LogP contribution in [0.2, 0.25) is 0 Å². The van der Waals surface area contributed by atoms with Crippen molar-refractivity contribution in [1.82, 2.24) is 5.32 Å². The van der Waals surface area contributed by atoms with Gasteiger partial charge in [0.1, 0.15) is 30.5 Å². The zero-order valence-electron chi connectivity index (χ0n) is 15.1. The Balaban J connectivity index is 1.67. The van der Waals surface area contributed by atoms with Gasteiger partial charge in [-0.15, -0.1) is 0 Å². The molecule has 2 aromatic carbocycles. The lowest BCUT2D eigenvalue weighted by molar-refractivity contribution is -0.138. The lowest BCUT2D eigenvalue weighted by Crippen LogP contribution is -2.23. The molecule has 0 saturated heterocycles. The third-order valence-corrected chi connectivity index (χ3v) is 3.64. The van der Waals surface area contributed by atoms with E-state index in [0.29, 0.717) is 31.3 Å². The third-order valence-electron chi connectivity index (χ3n) is 3.64. The van der Waals surface area contributed by atoms with Crippen LogP contribution in [0, 0.1) is 0 Å². The molecule has 0 unspecified atom stereocenters. The van der Waals surface area contributed by atoms with Gasteiger partial charge in [0, 0.05) is 19.0 Å². The molecule has 2 rings (SSSR count). The number of aliphatic carboxylic acids is 1. The fraction of sp³-hybridized carbons (Fsp3) is 0.300. The predicted molar refractivity (Wildman–Crippen MR) is 99.1 cm³/mol. The topological polar surface area (TPSA) is 94.1 Å². The molecule has 7 heteroatoms. The Morgan fingerprint density at radius 3 is 2.26 bits per heavy atom. The maximum Gasteiger partial charge on any atom is 0.303 e. The molecule has 0 atom stereocenters. The highest BCUT2D eigenvalue weighted by atomic mass is 16.5. The number of ether oxygens (including phenoxy) is 3. The molecular formula is C20H23NO6. The number of amides is 1. The summed E-state index contributed by atoms with van der Waals surface area (Å²) >= 11 is 0. The van der Waals surface area contributed by atoms with Gasteiger partial charge in [0.15, 0.2) is 0 Å². The third kappa shape index (κ3) is 7.68. The van der Waals surface area contributed by atoms with Crippen molar-refractivity contribution >= 4 is 11.9 Å². The second-order valence-electron chi connectivity index (χ2n) is 5.69. The summed E-state index contributed by atoms with van der Waals surface area (Å²) in [5, 5.41) is 11.2. The molecule has 2 N–H and O–H groups in total. The van der Waals surface area contributed by atoms with E-state index in [1.54, 1.807) is 13.2 Å². The quantitative estimate of drug-likeness (QED) is 0.588. The summed E-state index contributed by atoms with van der Waals surface area (Å²) in [4.78, 5) is 21.9. The molecule has 0 aromatic heterocycles. The van der Waals surface area contributed by atoms with Crippen molar-refractivity contribution in [3.05, 3.63) is 54.1 Å². The first-order chi connectivity index (χ1) is 13.1. The Morgan fingerprint density at radius 1 is 0.926 bits per heavy atom. The number of methoxy groups -OCH3 is 1. The summed E-state index contributed by atoms with van der Waals surface area (Å²) in [6, 6.07) is 14.7. The lowest BCUT2D eigenvalue weighted by atomic mass is 10.2. The maximum atomic E-state index is 11.5. The van der Waals surface area contributed by atoms with E-state index in [1.807, 2.05) is 42.5 Å². The molecule has 0 saturated carbocycles. The molecule has 7 nitrogen and oxygen atoms in total. The molecule has 144 valence electrons. The molecule has 0 bridgehead atoms. The van der Waals surface area contributed by atoms with E-state index in [0.717, 1.165) is 11.3 Å². The Labute approximate surface area is 157 Å². The highest BCUT2D eigenvalue weighted by Crippen LogP contribution is 2.19. The highest BCUT2D eigenvalue weighted by Gasteiger charge is 2.05. The molecule has 0 aliphatic heterocycles. The Hall–Kier alpha value is -3.22. The van der Waals surface area contributed by atoms with Crippen LogP contribution in [0.5, 0.6) is 17.2 Å². The number of hydrogen-bond donors (Lipinski definition) is 2. The van der Waals surface area contributed by atoms with Gasteiger partial charge >= 0.3 is 5.97 Å². The van der Waals surface area contributed by atoms with E-state index in [2.05, 4.69) is 5.32 Å². The summed E-state index contributed by atoms with van der Waals surface area (Å²) < 4.78 is 16.4. The van der Waals surface area contributed by atoms with Crippen LogP contribution in [0.3, 0.4) is 0 Å². The van der Waals surface area contributed by atoms with Gasteiger partial charge in [0.05, 0.1) is 13.5 Å². The smallest absolute Gasteiger partial charge is 0.303 e. The van der Waals surface area contributed by atoms with Crippen LogP contribution >= 0.6 is 0 Å². The summed E-state index contributed by atoms with van der Waals surface area (Å²) in [6.07, 6.45) is -0.194. The number of rotatable bonds is 11. The minimum absolute atomic E-state index is 0.0240.